The fourth-order valence-electron chi connectivity index (χ4n) is 1.83. The summed E-state index contributed by atoms with van der Waals surface area (Å²) in [5.41, 5.74) is 7.28. The van der Waals surface area contributed by atoms with Crippen molar-refractivity contribution < 1.29 is 0 Å². The Kier molecular flexibility index (Phi) is 2.05. The van der Waals surface area contributed by atoms with Crippen molar-refractivity contribution >= 4 is 23.1 Å². The Morgan fingerprint density at radius 3 is 3.27 bits per heavy atom. The molecule has 0 amide bonds. The average molecular weight is 220 g/mol. The third-order valence-electron chi connectivity index (χ3n) is 2.60. The first-order valence-corrected chi connectivity index (χ1v) is 6.11. The summed E-state index contributed by atoms with van der Waals surface area (Å²) in [7, 11) is 0. The van der Waals surface area contributed by atoms with Crippen LogP contribution in [0.4, 0.5) is 5.69 Å². The van der Waals surface area contributed by atoms with Crippen LogP contribution in [0.15, 0.2) is 18.3 Å². The molecule has 0 bridgehead atoms. The van der Waals surface area contributed by atoms with E-state index in [1.54, 1.807) is 4.52 Å². The molecule has 1 saturated heterocycles. The molecule has 4 nitrogen and oxygen atoms in total. The van der Waals surface area contributed by atoms with Crippen LogP contribution in [0.25, 0.3) is 5.65 Å². The van der Waals surface area contributed by atoms with Crippen molar-refractivity contribution in [1.82, 2.24) is 14.6 Å². The van der Waals surface area contributed by atoms with E-state index in [9.17, 15) is 0 Å². The number of rotatable bonds is 1. The van der Waals surface area contributed by atoms with Crippen LogP contribution in [0.5, 0.6) is 0 Å². The van der Waals surface area contributed by atoms with Gasteiger partial charge < -0.3 is 5.73 Å². The quantitative estimate of drug-likeness (QED) is 0.797. The summed E-state index contributed by atoms with van der Waals surface area (Å²) >= 11 is 1.95. The third-order valence-corrected chi connectivity index (χ3v) is 3.97. The summed E-state index contributed by atoms with van der Waals surface area (Å²) in [6.45, 7) is 0. The highest BCUT2D eigenvalue weighted by atomic mass is 32.2. The molecule has 3 rings (SSSR count). The molecule has 0 spiro atoms. The van der Waals surface area contributed by atoms with E-state index in [4.69, 9.17) is 5.73 Å². The lowest BCUT2D eigenvalue weighted by atomic mass is 10.2. The van der Waals surface area contributed by atoms with Crippen LogP contribution in [-0.4, -0.2) is 20.4 Å². The molecule has 1 unspecified atom stereocenters. The van der Waals surface area contributed by atoms with Crippen molar-refractivity contribution in [1.29, 1.82) is 0 Å². The van der Waals surface area contributed by atoms with Crippen LogP contribution in [0.2, 0.25) is 0 Å². The van der Waals surface area contributed by atoms with Gasteiger partial charge in [0.2, 0.25) is 0 Å². The molecule has 0 aliphatic carbocycles. The van der Waals surface area contributed by atoms with Crippen molar-refractivity contribution in [2.45, 2.75) is 18.1 Å². The Hall–Kier alpha value is -1.23. The first kappa shape index (κ1) is 9.03. The first-order chi connectivity index (χ1) is 7.33. The molecule has 0 saturated carbocycles. The third kappa shape index (κ3) is 1.56. The van der Waals surface area contributed by atoms with Crippen LogP contribution in [0.1, 0.15) is 23.9 Å². The minimum atomic E-state index is 0.478. The molecule has 15 heavy (non-hydrogen) atoms. The van der Waals surface area contributed by atoms with E-state index in [1.165, 1.54) is 18.6 Å². The Morgan fingerprint density at radius 2 is 2.47 bits per heavy atom. The lowest BCUT2D eigenvalue weighted by Gasteiger charge is -1.99. The van der Waals surface area contributed by atoms with Gasteiger partial charge in [-0.25, -0.2) is 9.50 Å². The van der Waals surface area contributed by atoms with E-state index in [1.807, 2.05) is 30.1 Å². The number of hydrogen-bond acceptors (Lipinski definition) is 4. The van der Waals surface area contributed by atoms with Gasteiger partial charge in [0.1, 0.15) is 0 Å². The molecule has 78 valence electrons. The molecule has 1 aliphatic rings. The number of nitrogen functional groups attached to an aromatic ring is 1. The molecule has 2 aromatic rings. The minimum absolute atomic E-state index is 0.478. The highest BCUT2D eigenvalue weighted by molar-refractivity contribution is 7.99. The van der Waals surface area contributed by atoms with Crippen molar-refractivity contribution in [2.24, 2.45) is 0 Å². The van der Waals surface area contributed by atoms with Gasteiger partial charge in [-0.15, -0.1) is 0 Å². The number of aromatic nitrogens is 3. The van der Waals surface area contributed by atoms with Gasteiger partial charge in [-0.1, -0.05) is 0 Å². The maximum absolute atomic E-state index is 5.70. The van der Waals surface area contributed by atoms with E-state index in [-0.39, 0.29) is 0 Å². The Balaban J connectivity index is 2.05. The smallest absolute Gasteiger partial charge is 0.164 e. The summed E-state index contributed by atoms with van der Waals surface area (Å²) in [6.07, 6.45) is 4.32. The number of pyridine rings is 1. The number of fused-ring (bicyclic) bond motifs is 1. The number of nitrogens with zero attached hydrogens (tertiary/aromatic N) is 3. The van der Waals surface area contributed by atoms with E-state index < -0.39 is 0 Å². The van der Waals surface area contributed by atoms with Crippen molar-refractivity contribution in [3.63, 3.8) is 0 Å². The highest BCUT2D eigenvalue weighted by Crippen LogP contribution is 2.38. The maximum atomic E-state index is 5.70. The molecule has 1 aliphatic heterocycles. The van der Waals surface area contributed by atoms with Crippen LogP contribution in [-0.2, 0) is 0 Å². The average Bonchev–Trinajstić information content (AvgIpc) is 2.84. The second kappa shape index (κ2) is 3.41. The second-order valence-corrected chi connectivity index (χ2v) is 5.05. The summed E-state index contributed by atoms with van der Waals surface area (Å²) in [6, 6.07) is 3.70. The topological polar surface area (TPSA) is 56.2 Å². The Bertz CT molecular complexity index is 487. The molecule has 3 heterocycles. The van der Waals surface area contributed by atoms with Gasteiger partial charge in [0.15, 0.2) is 11.5 Å². The second-order valence-electron chi connectivity index (χ2n) is 3.73. The van der Waals surface area contributed by atoms with Crippen LogP contribution in [0.3, 0.4) is 0 Å². The van der Waals surface area contributed by atoms with Crippen LogP contribution < -0.4 is 5.73 Å². The Morgan fingerprint density at radius 1 is 1.53 bits per heavy atom. The maximum Gasteiger partial charge on any atom is 0.164 e. The van der Waals surface area contributed by atoms with E-state index >= 15 is 0 Å². The fourth-order valence-corrected chi connectivity index (χ4v) is 3.03. The highest BCUT2D eigenvalue weighted by Gasteiger charge is 2.21. The van der Waals surface area contributed by atoms with Crippen LogP contribution in [0, 0.1) is 0 Å². The van der Waals surface area contributed by atoms with Gasteiger partial charge in [0.05, 0.1) is 5.25 Å². The van der Waals surface area contributed by atoms with E-state index in [2.05, 4.69) is 10.1 Å². The lowest BCUT2D eigenvalue weighted by molar-refractivity contribution is 0.770. The van der Waals surface area contributed by atoms with Crippen molar-refractivity contribution in [2.75, 3.05) is 11.5 Å². The molecule has 2 aromatic heterocycles. The zero-order valence-corrected chi connectivity index (χ0v) is 9.07. The zero-order valence-electron chi connectivity index (χ0n) is 8.26. The molecule has 1 atom stereocenters. The fraction of sp³-hybridized carbons (Fsp3) is 0.400. The standard InChI is InChI=1S/C10H12N4S/c11-7-3-4-14-9(6-7)12-10(13-14)8-2-1-5-15-8/h3-4,6,8H,1-2,5,11H2. The molecular formula is C10H12N4S. The van der Waals surface area contributed by atoms with Crippen molar-refractivity contribution in [3.8, 4) is 0 Å². The predicted octanol–water partition coefficient (Wildman–Crippen LogP) is 1.88. The summed E-state index contributed by atoms with van der Waals surface area (Å²) in [5, 5.41) is 4.94. The number of hydrogen-bond donors (Lipinski definition) is 1. The van der Waals surface area contributed by atoms with Gasteiger partial charge in [0, 0.05) is 18.0 Å². The van der Waals surface area contributed by atoms with Gasteiger partial charge in [-0.3, -0.25) is 0 Å². The van der Waals surface area contributed by atoms with Crippen molar-refractivity contribution in [3.05, 3.63) is 24.2 Å². The largest absolute Gasteiger partial charge is 0.399 e. The molecule has 1 fully saturated rings. The minimum Gasteiger partial charge on any atom is -0.399 e. The zero-order chi connectivity index (χ0) is 10.3. The van der Waals surface area contributed by atoms with Gasteiger partial charge in [-0.05, 0) is 24.7 Å². The molecular weight excluding hydrogens is 208 g/mol. The lowest BCUT2D eigenvalue weighted by Crippen LogP contribution is -1.92. The Labute approximate surface area is 91.9 Å². The number of anilines is 1. The van der Waals surface area contributed by atoms with Crippen LogP contribution >= 0.6 is 11.8 Å². The van der Waals surface area contributed by atoms with E-state index in [0.29, 0.717) is 5.25 Å². The first-order valence-electron chi connectivity index (χ1n) is 5.06. The number of nitrogens with two attached hydrogens (primary N) is 1. The molecule has 0 radical (unpaired) electrons. The monoisotopic (exact) mass is 220 g/mol. The SMILES string of the molecule is Nc1ccn2nc(C3CCCS3)nc2c1. The van der Waals surface area contributed by atoms with Gasteiger partial charge in [-0.2, -0.15) is 16.9 Å². The normalized spacial score (nSPS) is 21.2. The summed E-state index contributed by atoms with van der Waals surface area (Å²) < 4.78 is 1.80. The summed E-state index contributed by atoms with van der Waals surface area (Å²) in [5.74, 6) is 2.17. The number of thioether (sulfide) groups is 1. The molecule has 0 aromatic carbocycles. The van der Waals surface area contributed by atoms with Gasteiger partial charge >= 0.3 is 0 Å². The molecule has 5 heteroatoms. The van der Waals surface area contributed by atoms with Gasteiger partial charge in [0.25, 0.3) is 0 Å². The summed E-state index contributed by atoms with van der Waals surface area (Å²) in [4.78, 5) is 4.51. The molecule has 2 N–H and O–H groups in total. The van der Waals surface area contributed by atoms with E-state index in [0.717, 1.165) is 17.2 Å². The predicted molar refractivity (Wildman–Crippen MR) is 61.8 cm³/mol.